The van der Waals surface area contributed by atoms with Crippen molar-refractivity contribution in [1.82, 2.24) is 4.90 Å². The normalized spacial score (nSPS) is 11.2. The van der Waals surface area contributed by atoms with E-state index in [1.165, 1.54) is 10.5 Å². The van der Waals surface area contributed by atoms with Crippen molar-refractivity contribution in [1.29, 1.82) is 0 Å². The van der Waals surface area contributed by atoms with Crippen LogP contribution in [0.1, 0.15) is 31.9 Å². The first-order chi connectivity index (χ1) is 8.71. The topological polar surface area (TPSA) is 63.4 Å². The van der Waals surface area contributed by atoms with Crippen LogP contribution in [-0.4, -0.2) is 30.3 Å². The number of primary amides is 1. The van der Waals surface area contributed by atoms with Crippen molar-refractivity contribution in [2.45, 2.75) is 32.6 Å². The van der Waals surface area contributed by atoms with Gasteiger partial charge in [0.05, 0.1) is 0 Å². The monoisotopic (exact) mass is 262 g/mol. The van der Waals surface area contributed by atoms with E-state index in [1.807, 2.05) is 0 Å². The highest BCUT2D eigenvalue weighted by Crippen LogP contribution is 2.22. The van der Waals surface area contributed by atoms with Crippen molar-refractivity contribution < 1.29 is 9.59 Å². The molecule has 0 fully saturated rings. The summed E-state index contributed by atoms with van der Waals surface area (Å²) in [5.74, 6) is -1.56. The average molecular weight is 262 g/mol. The maximum Gasteiger partial charge on any atom is 0.311 e. The molecule has 0 saturated carbocycles. The summed E-state index contributed by atoms with van der Waals surface area (Å²) in [5.41, 5.74) is 7.49. The molecule has 1 rings (SSSR count). The van der Waals surface area contributed by atoms with Gasteiger partial charge in [0.1, 0.15) is 0 Å². The maximum atomic E-state index is 11.3. The van der Waals surface area contributed by atoms with E-state index >= 15 is 0 Å². The van der Waals surface area contributed by atoms with E-state index in [4.69, 9.17) is 5.73 Å². The number of rotatable bonds is 3. The summed E-state index contributed by atoms with van der Waals surface area (Å²) in [6, 6.07) is 8.32. The lowest BCUT2D eigenvalue weighted by Crippen LogP contribution is -2.38. The zero-order valence-electron chi connectivity index (χ0n) is 12.1. The van der Waals surface area contributed by atoms with Gasteiger partial charge in [0.15, 0.2) is 0 Å². The maximum absolute atomic E-state index is 11.3. The summed E-state index contributed by atoms with van der Waals surface area (Å²) in [5, 5.41) is 0. The van der Waals surface area contributed by atoms with Crippen LogP contribution in [0.25, 0.3) is 0 Å². The zero-order valence-corrected chi connectivity index (χ0v) is 12.1. The molecule has 0 atom stereocenters. The van der Waals surface area contributed by atoms with Gasteiger partial charge in [-0.25, -0.2) is 0 Å². The fraction of sp³-hybridized carbons (Fsp3) is 0.467. The Morgan fingerprint density at radius 1 is 1.16 bits per heavy atom. The van der Waals surface area contributed by atoms with Gasteiger partial charge < -0.3 is 10.6 Å². The number of hydrogen-bond donors (Lipinski definition) is 1. The molecule has 4 heteroatoms. The van der Waals surface area contributed by atoms with Gasteiger partial charge in [-0.3, -0.25) is 9.59 Å². The molecule has 0 aliphatic heterocycles. The largest absolute Gasteiger partial charge is 0.361 e. The van der Waals surface area contributed by atoms with E-state index in [1.54, 1.807) is 7.05 Å². The molecule has 0 heterocycles. The minimum atomic E-state index is -0.911. The van der Waals surface area contributed by atoms with Gasteiger partial charge in [-0.05, 0) is 23.0 Å². The summed E-state index contributed by atoms with van der Waals surface area (Å²) < 4.78 is 0. The quantitative estimate of drug-likeness (QED) is 0.838. The van der Waals surface area contributed by atoms with Crippen LogP contribution >= 0.6 is 0 Å². The van der Waals surface area contributed by atoms with Crippen LogP contribution in [0.3, 0.4) is 0 Å². The van der Waals surface area contributed by atoms with Crippen molar-refractivity contribution in [3.63, 3.8) is 0 Å². The molecule has 2 N–H and O–H groups in total. The molecule has 1 aromatic rings. The van der Waals surface area contributed by atoms with E-state index in [-0.39, 0.29) is 5.41 Å². The molecule has 0 aliphatic carbocycles. The lowest BCUT2D eigenvalue weighted by Gasteiger charge is -2.19. The third-order valence-corrected chi connectivity index (χ3v) is 3.11. The molecule has 0 spiro atoms. The number of nitrogens with two attached hydrogens (primary N) is 1. The second-order valence-corrected chi connectivity index (χ2v) is 5.79. The van der Waals surface area contributed by atoms with Crippen molar-refractivity contribution in [2.24, 2.45) is 5.73 Å². The van der Waals surface area contributed by atoms with Gasteiger partial charge in [-0.15, -0.1) is 0 Å². The molecule has 0 bridgehead atoms. The number of nitrogens with zero attached hydrogens (tertiary/aromatic N) is 1. The van der Waals surface area contributed by atoms with Crippen LogP contribution in [0.2, 0.25) is 0 Å². The summed E-state index contributed by atoms with van der Waals surface area (Å²) in [6.45, 7) is 6.99. The number of likely N-dealkylation sites (N-methyl/N-ethyl adjacent to an activating group) is 1. The molecule has 104 valence electrons. The van der Waals surface area contributed by atoms with Gasteiger partial charge in [0, 0.05) is 13.6 Å². The molecule has 1 aromatic carbocycles. The van der Waals surface area contributed by atoms with Gasteiger partial charge >= 0.3 is 11.8 Å². The molecule has 4 nitrogen and oxygen atoms in total. The number of carbonyl (C=O) groups excluding carboxylic acids is 2. The van der Waals surface area contributed by atoms with Crippen LogP contribution in [0.4, 0.5) is 0 Å². The average Bonchev–Trinajstić information content (AvgIpc) is 2.34. The Bertz CT molecular complexity index is 458. The van der Waals surface area contributed by atoms with Crippen molar-refractivity contribution in [3.05, 3.63) is 35.4 Å². The van der Waals surface area contributed by atoms with Crippen molar-refractivity contribution >= 4 is 11.8 Å². The highest BCUT2D eigenvalue weighted by Gasteiger charge is 2.15. The highest BCUT2D eigenvalue weighted by molar-refractivity contribution is 6.34. The third-order valence-electron chi connectivity index (χ3n) is 3.11. The van der Waals surface area contributed by atoms with Gasteiger partial charge in [-0.2, -0.15) is 0 Å². The molecule has 0 aromatic heterocycles. The van der Waals surface area contributed by atoms with E-state index < -0.39 is 11.8 Å². The fourth-order valence-electron chi connectivity index (χ4n) is 1.76. The Labute approximate surface area is 114 Å². The Hall–Kier alpha value is -1.84. The molecule has 0 unspecified atom stereocenters. The van der Waals surface area contributed by atoms with Crippen LogP contribution in [0.15, 0.2) is 24.3 Å². The van der Waals surface area contributed by atoms with Crippen molar-refractivity contribution in [2.75, 3.05) is 13.6 Å². The van der Waals surface area contributed by atoms with Crippen LogP contribution in [0.5, 0.6) is 0 Å². The summed E-state index contributed by atoms with van der Waals surface area (Å²) >= 11 is 0. The molecular weight excluding hydrogens is 240 g/mol. The second kappa shape index (κ2) is 5.87. The third kappa shape index (κ3) is 4.39. The predicted molar refractivity (Wildman–Crippen MR) is 75.7 cm³/mol. The van der Waals surface area contributed by atoms with E-state index in [2.05, 4.69) is 45.0 Å². The van der Waals surface area contributed by atoms with E-state index in [0.717, 1.165) is 5.56 Å². The smallest absolute Gasteiger partial charge is 0.311 e. The van der Waals surface area contributed by atoms with Crippen LogP contribution in [-0.2, 0) is 21.4 Å². The molecule has 0 saturated heterocycles. The van der Waals surface area contributed by atoms with Crippen molar-refractivity contribution in [3.8, 4) is 0 Å². The van der Waals surface area contributed by atoms with Gasteiger partial charge in [0.2, 0.25) is 0 Å². The summed E-state index contributed by atoms with van der Waals surface area (Å²) in [6.07, 6.45) is 0.708. The summed E-state index contributed by atoms with van der Waals surface area (Å²) in [4.78, 5) is 23.4. The Morgan fingerprint density at radius 3 is 2.11 bits per heavy atom. The first-order valence-corrected chi connectivity index (χ1v) is 6.36. The number of benzene rings is 1. The van der Waals surface area contributed by atoms with E-state index in [0.29, 0.717) is 13.0 Å². The number of amides is 2. The second-order valence-electron chi connectivity index (χ2n) is 5.79. The molecular formula is C15H22N2O2. The lowest BCUT2D eigenvalue weighted by atomic mass is 9.86. The Morgan fingerprint density at radius 2 is 1.68 bits per heavy atom. The predicted octanol–water partition coefficient (Wildman–Crippen LogP) is 1.47. The van der Waals surface area contributed by atoms with E-state index in [9.17, 15) is 9.59 Å². The molecule has 19 heavy (non-hydrogen) atoms. The summed E-state index contributed by atoms with van der Waals surface area (Å²) in [7, 11) is 1.58. The minimum absolute atomic E-state index is 0.136. The van der Waals surface area contributed by atoms with Crippen LogP contribution < -0.4 is 5.73 Å². The highest BCUT2D eigenvalue weighted by atomic mass is 16.2. The number of carbonyl (C=O) groups is 2. The Kier molecular flexibility index (Phi) is 4.70. The van der Waals surface area contributed by atoms with Crippen LogP contribution in [0, 0.1) is 0 Å². The standard InChI is InChI=1S/C15H22N2O2/c1-15(2,3)12-7-5-11(6-8-12)9-10-17(4)14(19)13(16)18/h5-8H,9-10H2,1-4H3,(H2,16,18). The SMILES string of the molecule is CN(CCc1ccc(C(C)(C)C)cc1)C(=O)C(N)=O. The lowest BCUT2D eigenvalue weighted by molar-refractivity contribution is -0.143. The Balaban J connectivity index is 2.60. The molecule has 2 amide bonds. The minimum Gasteiger partial charge on any atom is -0.361 e. The first kappa shape index (κ1) is 15.2. The number of hydrogen-bond acceptors (Lipinski definition) is 2. The molecule has 0 aliphatic rings. The first-order valence-electron chi connectivity index (χ1n) is 6.36. The zero-order chi connectivity index (χ0) is 14.6. The fourth-order valence-corrected chi connectivity index (χ4v) is 1.76. The van der Waals surface area contributed by atoms with Gasteiger partial charge in [0.25, 0.3) is 0 Å². The molecule has 0 radical (unpaired) electrons. The van der Waals surface area contributed by atoms with Gasteiger partial charge in [-0.1, -0.05) is 45.0 Å².